The molecule has 178 valence electrons. The Morgan fingerprint density at radius 1 is 0.486 bits per heavy atom. The zero-order valence-electron chi connectivity index (χ0n) is 21.7. The minimum Gasteiger partial charge on any atom is -0.0648 e. The van der Waals surface area contributed by atoms with Crippen LogP contribution in [-0.4, -0.2) is 0 Å². The van der Waals surface area contributed by atoms with Gasteiger partial charge in [0.2, 0.25) is 0 Å². The summed E-state index contributed by atoms with van der Waals surface area (Å²) in [5.74, 6) is 1.30. The van der Waals surface area contributed by atoms with Crippen LogP contribution in [0.1, 0.15) is 74.6 Å². The van der Waals surface area contributed by atoms with E-state index in [4.69, 9.17) is 0 Å². The van der Waals surface area contributed by atoms with Gasteiger partial charge in [0, 0.05) is 0 Å². The highest BCUT2D eigenvalue weighted by molar-refractivity contribution is 6.07. The quantitative estimate of drug-likeness (QED) is 0.222. The second kappa shape index (κ2) is 11.8. The maximum atomic E-state index is 2.35. The summed E-state index contributed by atoms with van der Waals surface area (Å²) >= 11 is 0. The van der Waals surface area contributed by atoms with Crippen LogP contribution in [0.3, 0.4) is 0 Å². The van der Waals surface area contributed by atoms with Crippen LogP contribution >= 0.6 is 0 Å². The van der Waals surface area contributed by atoms with E-state index in [9.17, 15) is 0 Å². The minimum atomic E-state index is 0.640. The van der Waals surface area contributed by atoms with Gasteiger partial charge >= 0.3 is 0 Å². The number of fused-ring (bicyclic) bond motifs is 3. The summed E-state index contributed by atoms with van der Waals surface area (Å²) in [6.07, 6.45) is 3.43. The fraction of sp³-hybridized carbons (Fsp3) is 0.257. The molecule has 0 heterocycles. The molecule has 0 aliphatic carbocycles. The fourth-order valence-corrected chi connectivity index (χ4v) is 4.65. The summed E-state index contributed by atoms with van der Waals surface area (Å²) in [7, 11) is 0. The van der Waals surface area contributed by atoms with Crippen LogP contribution in [0.5, 0.6) is 0 Å². The molecule has 0 radical (unpaired) electrons. The first-order valence-corrected chi connectivity index (χ1v) is 13.1. The lowest BCUT2D eigenvalue weighted by Gasteiger charge is -2.11. The average Bonchev–Trinajstić information content (AvgIpc) is 2.92. The molecule has 0 fully saturated rings. The molecule has 2 unspecified atom stereocenters. The Hall–Kier alpha value is -3.38. The maximum Gasteiger partial charge on any atom is -0.00257 e. The van der Waals surface area contributed by atoms with Gasteiger partial charge < -0.3 is 0 Å². The van der Waals surface area contributed by atoms with Gasteiger partial charge in [0.15, 0.2) is 0 Å². The van der Waals surface area contributed by atoms with Gasteiger partial charge in [-0.05, 0) is 74.9 Å². The second-order valence-corrected chi connectivity index (χ2v) is 9.79. The molecule has 0 amide bonds. The fourth-order valence-electron chi connectivity index (χ4n) is 4.65. The third-order valence-corrected chi connectivity index (χ3v) is 7.33. The van der Waals surface area contributed by atoms with Gasteiger partial charge in [-0.1, -0.05) is 137 Å². The van der Waals surface area contributed by atoms with Gasteiger partial charge in [0.05, 0.1) is 0 Å². The molecular formula is C35H38. The van der Waals surface area contributed by atoms with E-state index in [2.05, 4.69) is 137 Å². The van der Waals surface area contributed by atoms with Crippen molar-refractivity contribution >= 4 is 21.5 Å². The molecule has 5 rings (SSSR count). The SMILES string of the molecule is CCC(C)c1ccc2c(ccc3ccccc32)c1.CCC(C)c1cccc(Cc2ccccc2)c1. The largest absolute Gasteiger partial charge is 0.0648 e. The Labute approximate surface area is 211 Å². The van der Waals surface area contributed by atoms with Crippen molar-refractivity contribution in [3.05, 3.63) is 131 Å². The number of hydrogen-bond donors (Lipinski definition) is 0. The highest BCUT2D eigenvalue weighted by Gasteiger charge is 2.06. The molecule has 0 saturated carbocycles. The number of hydrogen-bond acceptors (Lipinski definition) is 0. The molecule has 0 heteroatoms. The van der Waals surface area contributed by atoms with Crippen molar-refractivity contribution in [1.29, 1.82) is 0 Å². The van der Waals surface area contributed by atoms with Gasteiger partial charge in [-0.25, -0.2) is 0 Å². The van der Waals surface area contributed by atoms with E-state index in [-0.39, 0.29) is 0 Å². The molecule has 0 aliphatic heterocycles. The monoisotopic (exact) mass is 458 g/mol. The van der Waals surface area contributed by atoms with E-state index in [1.54, 1.807) is 0 Å². The lowest BCUT2D eigenvalue weighted by molar-refractivity contribution is 0.732. The smallest absolute Gasteiger partial charge is 0.00257 e. The predicted molar refractivity (Wildman–Crippen MR) is 155 cm³/mol. The first-order valence-electron chi connectivity index (χ1n) is 13.1. The maximum absolute atomic E-state index is 2.35. The Morgan fingerprint density at radius 3 is 1.83 bits per heavy atom. The molecule has 2 atom stereocenters. The zero-order valence-corrected chi connectivity index (χ0v) is 21.7. The Kier molecular flexibility index (Phi) is 8.37. The third kappa shape index (κ3) is 6.20. The van der Waals surface area contributed by atoms with Crippen LogP contribution < -0.4 is 0 Å². The Bertz CT molecular complexity index is 1360. The van der Waals surface area contributed by atoms with Crippen LogP contribution in [0, 0.1) is 0 Å². The highest BCUT2D eigenvalue weighted by atomic mass is 14.1. The molecule has 5 aromatic carbocycles. The van der Waals surface area contributed by atoms with E-state index in [1.165, 1.54) is 56.6 Å². The van der Waals surface area contributed by atoms with Crippen LogP contribution in [0.25, 0.3) is 21.5 Å². The Balaban J connectivity index is 0.000000165. The van der Waals surface area contributed by atoms with E-state index < -0.39 is 0 Å². The van der Waals surface area contributed by atoms with Crippen molar-refractivity contribution in [3.63, 3.8) is 0 Å². The van der Waals surface area contributed by atoms with Crippen LogP contribution in [0.15, 0.2) is 109 Å². The average molecular weight is 459 g/mol. The molecular weight excluding hydrogens is 420 g/mol. The first kappa shape index (κ1) is 24.7. The summed E-state index contributed by atoms with van der Waals surface area (Å²) in [5.41, 5.74) is 5.70. The second-order valence-electron chi connectivity index (χ2n) is 9.79. The molecule has 5 aromatic rings. The molecule has 0 saturated heterocycles. The number of rotatable bonds is 6. The van der Waals surface area contributed by atoms with Crippen molar-refractivity contribution in [2.24, 2.45) is 0 Å². The molecule has 0 bridgehead atoms. The molecule has 0 nitrogen and oxygen atoms in total. The first-order chi connectivity index (χ1) is 17.1. The lowest BCUT2D eigenvalue weighted by Crippen LogP contribution is -1.94. The molecule has 0 N–H and O–H groups in total. The molecule has 0 spiro atoms. The molecule has 35 heavy (non-hydrogen) atoms. The highest BCUT2D eigenvalue weighted by Crippen LogP contribution is 2.29. The minimum absolute atomic E-state index is 0.640. The van der Waals surface area contributed by atoms with Crippen LogP contribution in [-0.2, 0) is 6.42 Å². The van der Waals surface area contributed by atoms with Crippen molar-refractivity contribution < 1.29 is 0 Å². The van der Waals surface area contributed by atoms with Gasteiger partial charge in [-0.15, -0.1) is 0 Å². The van der Waals surface area contributed by atoms with Crippen molar-refractivity contribution in [2.45, 2.75) is 58.8 Å². The zero-order chi connectivity index (χ0) is 24.6. The third-order valence-electron chi connectivity index (χ3n) is 7.33. The van der Waals surface area contributed by atoms with Crippen molar-refractivity contribution in [2.75, 3.05) is 0 Å². The van der Waals surface area contributed by atoms with Crippen LogP contribution in [0.2, 0.25) is 0 Å². The van der Waals surface area contributed by atoms with Gasteiger partial charge in [-0.3, -0.25) is 0 Å². The normalized spacial score (nSPS) is 12.7. The van der Waals surface area contributed by atoms with E-state index in [0.717, 1.165) is 6.42 Å². The van der Waals surface area contributed by atoms with E-state index in [1.807, 2.05) is 0 Å². The summed E-state index contributed by atoms with van der Waals surface area (Å²) in [6.45, 7) is 9.08. The topological polar surface area (TPSA) is 0 Å². The summed E-state index contributed by atoms with van der Waals surface area (Å²) in [6, 6.07) is 39.6. The Morgan fingerprint density at radius 2 is 1.09 bits per heavy atom. The summed E-state index contributed by atoms with van der Waals surface area (Å²) in [5, 5.41) is 5.39. The van der Waals surface area contributed by atoms with Gasteiger partial charge in [0.25, 0.3) is 0 Å². The van der Waals surface area contributed by atoms with Gasteiger partial charge in [0.1, 0.15) is 0 Å². The summed E-state index contributed by atoms with van der Waals surface area (Å²) in [4.78, 5) is 0. The predicted octanol–water partition coefficient (Wildman–Crippen LogP) is 10.3. The lowest BCUT2D eigenvalue weighted by atomic mass is 9.94. The van der Waals surface area contributed by atoms with Crippen LogP contribution in [0.4, 0.5) is 0 Å². The molecule has 0 aromatic heterocycles. The van der Waals surface area contributed by atoms with Crippen molar-refractivity contribution in [3.8, 4) is 0 Å². The molecule has 0 aliphatic rings. The van der Waals surface area contributed by atoms with Gasteiger partial charge in [-0.2, -0.15) is 0 Å². The number of benzene rings is 5. The van der Waals surface area contributed by atoms with E-state index in [0.29, 0.717) is 11.8 Å². The van der Waals surface area contributed by atoms with Crippen molar-refractivity contribution in [1.82, 2.24) is 0 Å². The standard InChI is InChI=1S/C18H18.C17H20/c1-3-13(2)15-10-11-18-16(12-15)9-8-14-6-4-5-7-17(14)18;1-3-14(2)17-11-7-10-16(13-17)12-15-8-5-4-6-9-15/h4-13H,3H2,1-2H3;4-11,13-14H,3,12H2,1-2H3. The summed E-state index contributed by atoms with van der Waals surface area (Å²) < 4.78 is 0. The van der Waals surface area contributed by atoms with E-state index >= 15 is 0 Å².